The van der Waals surface area contributed by atoms with E-state index in [4.69, 9.17) is 18.0 Å². The van der Waals surface area contributed by atoms with E-state index in [1.54, 1.807) is 4.90 Å². The molecular formula is C15H23N3O2S. The van der Waals surface area contributed by atoms with Gasteiger partial charge < -0.3 is 5.73 Å². The number of likely N-dealkylation sites (tertiary alicyclic amines) is 2. The molecule has 0 unspecified atom stereocenters. The summed E-state index contributed by atoms with van der Waals surface area (Å²) in [4.78, 5) is 29.4. The quantitative estimate of drug-likeness (QED) is 0.624. The van der Waals surface area contributed by atoms with Gasteiger partial charge >= 0.3 is 0 Å². The highest BCUT2D eigenvalue weighted by Crippen LogP contribution is 2.47. The molecular weight excluding hydrogens is 286 g/mol. The average Bonchev–Trinajstić information content (AvgIpc) is 2.98. The molecule has 2 heterocycles. The minimum absolute atomic E-state index is 0.0506. The normalized spacial score (nSPS) is 27.0. The first-order chi connectivity index (χ1) is 10.0. The molecule has 2 amide bonds. The van der Waals surface area contributed by atoms with Crippen LogP contribution in [0.5, 0.6) is 0 Å². The molecule has 6 heteroatoms. The summed E-state index contributed by atoms with van der Waals surface area (Å²) in [6.45, 7) is 2.34. The van der Waals surface area contributed by atoms with E-state index in [2.05, 4.69) is 4.90 Å². The minimum atomic E-state index is -0.340. The highest BCUT2D eigenvalue weighted by Gasteiger charge is 2.54. The summed E-state index contributed by atoms with van der Waals surface area (Å²) in [6.07, 6.45) is 6.09. The summed E-state index contributed by atoms with van der Waals surface area (Å²) in [5.41, 5.74) is 5.23. The molecule has 21 heavy (non-hydrogen) atoms. The van der Waals surface area contributed by atoms with E-state index >= 15 is 0 Å². The van der Waals surface area contributed by atoms with E-state index < -0.39 is 0 Å². The molecule has 1 spiro atoms. The molecule has 2 saturated heterocycles. The molecule has 1 saturated carbocycles. The summed E-state index contributed by atoms with van der Waals surface area (Å²) in [6, 6.07) is 0.0765. The van der Waals surface area contributed by atoms with Crippen molar-refractivity contribution in [1.29, 1.82) is 0 Å². The number of nitrogens with zero attached hydrogens (tertiary/aromatic N) is 2. The molecule has 2 N–H and O–H groups in total. The van der Waals surface area contributed by atoms with E-state index in [1.165, 1.54) is 0 Å². The number of nitrogens with two attached hydrogens (primary N) is 1. The third kappa shape index (κ3) is 2.71. The van der Waals surface area contributed by atoms with Gasteiger partial charge in [0.05, 0.1) is 10.4 Å². The number of rotatable bonds is 3. The lowest BCUT2D eigenvalue weighted by molar-refractivity contribution is -0.145. The largest absolute Gasteiger partial charge is 0.392 e. The van der Waals surface area contributed by atoms with Crippen LogP contribution in [0.2, 0.25) is 0 Å². The van der Waals surface area contributed by atoms with Crippen molar-refractivity contribution in [3.63, 3.8) is 0 Å². The first kappa shape index (κ1) is 14.9. The monoisotopic (exact) mass is 309 g/mol. The van der Waals surface area contributed by atoms with Gasteiger partial charge in [-0.3, -0.25) is 19.4 Å². The second-order valence-electron chi connectivity index (χ2n) is 6.71. The minimum Gasteiger partial charge on any atom is -0.392 e. The maximum atomic E-state index is 12.7. The van der Waals surface area contributed by atoms with Gasteiger partial charge in [-0.2, -0.15) is 0 Å². The molecule has 3 fully saturated rings. The van der Waals surface area contributed by atoms with Crippen LogP contribution in [0.15, 0.2) is 0 Å². The van der Waals surface area contributed by atoms with Crippen LogP contribution in [0.4, 0.5) is 0 Å². The average molecular weight is 309 g/mol. The lowest BCUT2D eigenvalue weighted by Gasteiger charge is -2.36. The Morgan fingerprint density at radius 3 is 2.43 bits per heavy atom. The lowest BCUT2D eigenvalue weighted by Crippen LogP contribution is -2.49. The molecule has 0 aromatic heterocycles. The Morgan fingerprint density at radius 1 is 1.24 bits per heavy atom. The van der Waals surface area contributed by atoms with E-state index in [-0.39, 0.29) is 23.3 Å². The van der Waals surface area contributed by atoms with Crippen molar-refractivity contribution in [3.8, 4) is 0 Å². The third-order valence-corrected chi connectivity index (χ3v) is 5.42. The number of carbonyl (C=O) groups excluding carboxylic acids is 2. The number of carbonyl (C=O) groups is 2. The van der Waals surface area contributed by atoms with Gasteiger partial charge in [0.25, 0.3) is 0 Å². The number of amides is 2. The van der Waals surface area contributed by atoms with Crippen LogP contribution in [0, 0.1) is 5.41 Å². The van der Waals surface area contributed by atoms with Crippen LogP contribution >= 0.6 is 12.2 Å². The van der Waals surface area contributed by atoms with Gasteiger partial charge in [0.15, 0.2) is 0 Å². The summed E-state index contributed by atoms with van der Waals surface area (Å²) >= 11 is 4.94. The Morgan fingerprint density at radius 2 is 1.86 bits per heavy atom. The van der Waals surface area contributed by atoms with E-state index in [9.17, 15) is 9.59 Å². The molecule has 0 aromatic carbocycles. The Balaban J connectivity index is 1.64. The number of imide groups is 1. The second kappa shape index (κ2) is 5.65. The van der Waals surface area contributed by atoms with Crippen LogP contribution in [0.3, 0.4) is 0 Å². The topological polar surface area (TPSA) is 66.6 Å². The van der Waals surface area contributed by atoms with Crippen molar-refractivity contribution in [2.75, 3.05) is 19.6 Å². The van der Waals surface area contributed by atoms with Crippen molar-refractivity contribution in [1.82, 2.24) is 9.80 Å². The lowest BCUT2D eigenvalue weighted by atomic mass is 9.84. The maximum Gasteiger partial charge on any atom is 0.236 e. The van der Waals surface area contributed by atoms with Crippen LogP contribution in [-0.4, -0.2) is 52.3 Å². The zero-order chi connectivity index (χ0) is 15.0. The molecule has 0 aromatic rings. The Hall–Kier alpha value is -1.01. The summed E-state index contributed by atoms with van der Waals surface area (Å²) in [7, 11) is 0. The van der Waals surface area contributed by atoms with Crippen molar-refractivity contribution in [2.24, 2.45) is 11.1 Å². The smallest absolute Gasteiger partial charge is 0.236 e. The molecule has 3 aliphatic rings. The number of hydrogen-bond acceptors (Lipinski definition) is 4. The van der Waals surface area contributed by atoms with Gasteiger partial charge in [-0.15, -0.1) is 0 Å². The standard InChI is InChI=1S/C15H23N3O2S/c16-12(21)10-17-7-3-11(4-8-17)18-13(19)9-15(14(18)20)5-1-2-6-15/h11H,1-10H2,(H2,16,21). The first-order valence-corrected chi connectivity index (χ1v) is 8.30. The van der Waals surface area contributed by atoms with Crippen LogP contribution in [0.25, 0.3) is 0 Å². The molecule has 5 nitrogen and oxygen atoms in total. The molecule has 116 valence electrons. The molecule has 0 bridgehead atoms. The van der Waals surface area contributed by atoms with Gasteiger partial charge in [-0.05, 0) is 25.7 Å². The number of piperidine rings is 1. The van der Waals surface area contributed by atoms with Crippen LogP contribution in [-0.2, 0) is 9.59 Å². The fourth-order valence-electron chi connectivity index (χ4n) is 4.19. The van der Waals surface area contributed by atoms with E-state index in [0.29, 0.717) is 18.0 Å². The van der Waals surface area contributed by atoms with E-state index in [0.717, 1.165) is 51.6 Å². The summed E-state index contributed by atoms with van der Waals surface area (Å²) in [5.74, 6) is 0.160. The predicted molar refractivity (Wildman–Crippen MR) is 83.6 cm³/mol. The summed E-state index contributed by atoms with van der Waals surface area (Å²) in [5, 5.41) is 0. The number of thiocarbonyl (C=S) groups is 1. The zero-order valence-corrected chi connectivity index (χ0v) is 13.2. The molecule has 2 aliphatic heterocycles. The van der Waals surface area contributed by atoms with Crippen molar-refractivity contribution in [2.45, 2.75) is 51.0 Å². The Labute approximate surface area is 130 Å². The summed E-state index contributed by atoms with van der Waals surface area (Å²) < 4.78 is 0. The predicted octanol–water partition coefficient (Wildman–Crippen LogP) is 1.06. The SMILES string of the molecule is NC(=S)CN1CCC(N2C(=O)CC3(CCCC3)C2=O)CC1. The highest BCUT2D eigenvalue weighted by molar-refractivity contribution is 7.80. The van der Waals surface area contributed by atoms with Gasteiger partial charge in [-0.25, -0.2) is 0 Å². The second-order valence-corrected chi connectivity index (χ2v) is 7.23. The highest BCUT2D eigenvalue weighted by atomic mass is 32.1. The molecule has 3 rings (SSSR count). The number of hydrogen-bond donors (Lipinski definition) is 1. The molecule has 0 radical (unpaired) electrons. The Kier molecular flexibility index (Phi) is 4.01. The maximum absolute atomic E-state index is 12.7. The van der Waals surface area contributed by atoms with Crippen LogP contribution in [0.1, 0.15) is 44.9 Å². The zero-order valence-electron chi connectivity index (χ0n) is 12.3. The first-order valence-electron chi connectivity index (χ1n) is 7.89. The third-order valence-electron chi connectivity index (χ3n) is 5.29. The molecule has 1 aliphatic carbocycles. The Bertz CT molecular complexity index is 466. The van der Waals surface area contributed by atoms with Gasteiger partial charge in [-0.1, -0.05) is 25.1 Å². The van der Waals surface area contributed by atoms with Gasteiger partial charge in [0.1, 0.15) is 0 Å². The van der Waals surface area contributed by atoms with Gasteiger partial charge in [0.2, 0.25) is 11.8 Å². The van der Waals surface area contributed by atoms with Gasteiger partial charge in [0, 0.05) is 32.1 Å². The van der Waals surface area contributed by atoms with E-state index in [1.807, 2.05) is 0 Å². The van der Waals surface area contributed by atoms with Crippen LogP contribution < -0.4 is 5.73 Å². The fraction of sp³-hybridized carbons (Fsp3) is 0.800. The molecule has 0 atom stereocenters. The fourth-order valence-corrected chi connectivity index (χ4v) is 4.37. The van der Waals surface area contributed by atoms with Crippen molar-refractivity contribution in [3.05, 3.63) is 0 Å². The van der Waals surface area contributed by atoms with Crippen molar-refractivity contribution >= 4 is 29.0 Å². The van der Waals surface area contributed by atoms with Crippen molar-refractivity contribution < 1.29 is 9.59 Å².